The quantitative estimate of drug-likeness (QED) is 0.775. The van der Waals surface area contributed by atoms with Crippen molar-refractivity contribution in [3.8, 4) is 0 Å². The molecule has 0 unspecified atom stereocenters. The SMILES string of the molecule is CN(Cc1ccc(N2CCOCC2)cc1)C(=O)c1cc(F)ccc1Br. The number of nitrogens with zero attached hydrogens (tertiary/aromatic N) is 2. The Morgan fingerprint density at radius 3 is 2.56 bits per heavy atom. The highest BCUT2D eigenvalue weighted by Crippen LogP contribution is 2.21. The van der Waals surface area contributed by atoms with Gasteiger partial charge in [-0.2, -0.15) is 0 Å². The van der Waals surface area contributed by atoms with E-state index in [1.54, 1.807) is 18.0 Å². The number of rotatable bonds is 4. The molecule has 0 atom stereocenters. The van der Waals surface area contributed by atoms with Gasteiger partial charge >= 0.3 is 0 Å². The second kappa shape index (κ2) is 7.97. The van der Waals surface area contributed by atoms with Crippen molar-refractivity contribution in [1.82, 2.24) is 4.90 Å². The van der Waals surface area contributed by atoms with Crippen LogP contribution in [-0.2, 0) is 11.3 Å². The van der Waals surface area contributed by atoms with Crippen LogP contribution in [0.25, 0.3) is 0 Å². The van der Waals surface area contributed by atoms with Gasteiger partial charge in [0.25, 0.3) is 5.91 Å². The molecule has 2 aromatic rings. The number of halogens is 2. The molecule has 0 aliphatic carbocycles. The van der Waals surface area contributed by atoms with E-state index in [-0.39, 0.29) is 5.91 Å². The summed E-state index contributed by atoms with van der Waals surface area (Å²) < 4.78 is 19.4. The summed E-state index contributed by atoms with van der Waals surface area (Å²) in [6.45, 7) is 3.75. The Balaban J connectivity index is 1.67. The van der Waals surface area contributed by atoms with E-state index >= 15 is 0 Å². The summed E-state index contributed by atoms with van der Waals surface area (Å²) in [5.41, 5.74) is 2.52. The monoisotopic (exact) mass is 406 g/mol. The maximum atomic E-state index is 13.4. The van der Waals surface area contributed by atoms with E-state index in [0.29, 0.717) is 16.6 Å². The molecule has 1 aliphatic rings. The van der Waals surface area contributed by atoms with E-state index in [1.165, 1.54) is 12.1 Å². The molecule has 0 aromatic heterocycles. The lowest BCUT2D eigenvalue weighted by atomic mass is 10.1. The summed E-state index contributed by atoms with van der Waals surface area (Å²) in [5.74, 6) is -0.640. The zero-order chi connectivity index (χ0) is 17.8. The molecule has 0 spiro atoms. The molecular weight excluding hydrogens is 387 g/mol. The number of amides is 1. The van der Waals surface area contributed by atoms with Crippen LogP contribution in [0.3, 0.4) is 0 Å². The number of hydrogen-bond donors (Lipinski definition) is 0. The summed E-state index contributed by atoms with van der Waals surface area (Å²) in [7, 11) is 1.72. The van der Waals surface area contributed by atoms with Crippen LogP contribution < -0.4 is 4.90 Å². The average Bonchev–Trinajstić information content (AvgIpc) is 2.64. The third-order valence-electron chi connectivity index (χ3n) is 4.24. The molecule has 3 rings (SSSR count). The van der Waals surface area contributed by atoms with Crippen molar-refractivity contribution in [2.45, 2.75) is 6.54 Å². The van der Waals surface area contributed by atoms with Gasteiger partial charge in [0.15, 0.2) is 0 Å². The molecule has 6 heteroatoms. The Kier molecular flexibility index (Phi) is 5.71. The van der Waals surface area contributed by atoms with Crippen molar-refractivity contribution in [2.75, 3.05) is 38.3 Å². The molecule has 0 N–H and O–H groups in total. The first-order chi connectivity index (χ1) is 12.0. The number of carbonyl (C=O) groups excluding carboxylic acids is 1. The first-order valence-electron chi connectivity index (χ1n) is 8.17. The Bertz CT molecular complexity index is 746. The molecule has 0 saturated carbocycles. The lowest BCUT2D eigenvalue weighted by Crippen LogP contribution is -2.36. The van der Waals surface area contributed by atoms with Crippen LogP contribution in [-0.4, -0.2) is 44.2 Å². The zero-order valence-corrected chi connectivity index (χ0v) is 15.6. The average molecular weight is 407 g/mol. The number of ether oxygens (including phenoxy) is 1. The van der Waals surface area contributed by atoms with E-state index in [4.69, 9.17) is 4.74 Å². The van der Waals surface area contributed by atoms with Crippen molar-refractivity contribution >= 4 is 27.5 Å². The second-order valence-corrected chi connectivity index (χ2v) is 6.91. The fourth-order valence-electron chi connectivity index (χ4n) is 2.85. The van der Waals surface area contributed by atoms with E-state index in [2.05, 4.69) is 33.0 Å². The maximum absolute atomic E-state index is 13.4. The van der Waals surface area contributed by atoms with Crippen LogP contribution in [0.4, 0.5) is 10.1 Å². The minimum absolute atomic E-state index is 0.219. The molecule has 1 heterocycles. The van der Waals surface area contributed by atoms with E-state index in [1.807, 2.05) is 12.1 Å². The first-order valence-corrected chi connectivity index (χ1v) is 8.96. The van der Waals surface area contributed by atoms with Crippen LogP contribution >= 0.6 is 15.9 Å². The molecule has 4 nitrogen and oxygen atoms in total. The van der Waals surface area contributed by atoms with Gasteiger partial charge in [-0.05, 0) is 51.8 Å². The van der Waals surface area contributed by atoms with Crippen molar-refractivity contribution in [3.05, 3.63) is 63.9 Å². The fraction of sp³-hybridized carbons (Fsp3) is 0.316. The smallest absolute Gasteiger partial charge is 0.255 e. The van der Waals surface area contributed by atoms with Crippen LogP contribution in [0.15, 0.2) is 46.9 Å². The van der Waals surface area contributed by atoms with Gasteiger partial charge in [-0.3, -0.25) is 4.79 Å². The number of carbonyl (C=O) groups is 1. The van der Waals surface area contributed by atoms with Gasteiger partial charge in [-0.25, -0.2) is 4.39 Å². The highest BCUT2D eigenvalue weighted by atomic mass is 79.9. The summed E-state index contributed by atoms with van der Waals surface area (Å²) in [5, 5.41) is 0. The summed E-state index contributed by atoms with van der Waals surface area (Å²) >= 11 is 3.31. The Morgan fingerprint density at radius 2 is 1.88 bits per heavy atom. The highest BCUT2D eigenvalue weighted by Gasteiger charge is 2.16. The lowest BCUT2D eigenvalue weighted by molar-refractivity contribution is 0.0783. The minimum Gasteiger partial charge on any atom is -0.378 e. The Labute approximate surface area is 155 Å². The standard InChI is InChI=1S/C19H20BrFN2O2/c1-22(19(24)17-12-15(21)4-7-18(17)20)13-14-2-5-16(6-3-14)23-8-10-25-11-9-23/h2-7,12H,8-11,13H2,1H3. The number of anilines is 1. The summed E-state index contributed by atoms with van der Waals surface area (Å²) in [6.07, 6.45) is 0. The fourth-order valence-corrected chi connectivity index (χ4v) is 3.26. The van der Waals surface area contributed by atoms with Crippen LogP contribution in [0, 0.1) is 5.82 Å². The zero-order valence-electron chi connectivity index (χ0n) is 14.0. The number of hydrogen-bond acceptors (Lipinski definition) is 3. The molecule has 1 amide bonds. The molecule has 1 aliphatic heterocycles. The summed E-state index contributed by atoms with van der Waals surface area (Å²) in [4.78, 5) is 16.4. The van der Waals surface area contributed by atoms with Gasteiger partial charge in [0.05, 0.1) is 18.8 Å². The second-order valence-electron chi connectivity index (χ2n) is 6.05. The molecule has 1 saturated heterocycles. The lowest BCUT2D eigenvalue weighted by Gasteiger charge is -2.29. The van der Waals surface area contributed by atoms with Gasteiger partial charge in [0.2, 0.25) is 0 Å². The maximum Gasteiger partial charge on any atom is 0.255 e. The normalized spacial score (nSPS) is 14.4. The van der Waals surface area contributed by atoms with Gasteiger partial charge in [0.1, 0.15) is 5.82 Å². The predicted molar refractivity (Wildman–Crippen MR) is 99.4 cm³/mol. The first kappa shape index (κ1) is 17.9. The van der Waals surface area contributed by atoms with Crippen molar-refractivity contribution < 1.29 is 13.9 Å². The van der Waals surface area contributed by atoms with Gasteiger partial charge in [0, 0.05) is 36.8 Å². The van der Waals surface area contributed by atoms with Crippen LogP contribution in [0.2, 0.25) is 0 Å². The number of morpholine rings is 1. The Morgan fingerprint density at radius 1 is 1.20 bits per heavy atom. The Hall–Kier alpha value is -1.92. The molecule has 132 valence electrons. The predicted octanol–water partition coefficient (Wildman–Crippen LogP) is 3.70. The molecule has 0 radical (unpaired) electrons. The topological polar surface area (TPSA) is 32.8 Å². The minimum atomic E-state index is -0.421. The molecule has 2 aromatic carbocycles. The van der Waals surface area contributed by atoms with E-state index in [0.717, 1.165) is 37.6 Å². The largest absolute Gasteiger partial charge is 0.378 e. The van der Waals surface area contributed by atoms with E-state index in [9.17, 15) is 9.18 Å². The molecule has 0 bridgehead atoms. The third-order valence-corrected chi connectivity index (χ3v) is 4.93. The van der Waals surface area contributed by atoms with Crippen LogP contribution in [0.1, 0.15) is 15.9 Å². The number of benzene rings is 2. The van der Waals surface area contributed by atoms with Gasteiger partial charge < -0.3 is 14.5 Å². The van der Waals surface area contributed by atoms with Gasteiger partial charge in [-0.1, -0.05) is 12.1 Å². The third kappa shape index (κ3) is 4.38. The van der Waals surface area contributed by atoms with Gasteiger partial charge in [-0.15, -0.1) is 0 Å². The van der Waals surface area contributed by atoms with E-state index < -0.39 is 5.82 Å². The molecule has 25 heavy (non-hydrogen) atoms. The summed E-state index contributed by atoms with van der Waals surface area (Å²) in [6, 6.07) is 12.3. The van der Waals surface area contributed by atoms with Crippen molar-refractivity contribution in [1.29, 1.82) is 0 Å². The van der Waals surface area contributed by atoms with Crippen molar-refractivity contribution in [3.63, 3.8) is 0 Å². The van der Waals surface area contributed by atoms with Crippen molar-refractivity contribution in [2.24, 2.45) is 0 Å². The highest BCUT2D eigenvalue weighted by molar-refractivity contribution is 9.10. The van der Waals surface area contributed by atoms with Crippen LogP contribution in [0.5, 0.6) is 0 Å². The molecular formula is C19H20BrFN2O2. The molecule has 1 fully saturated rings.